The SMILES string of the molecule is Nc1ncnc2c1ncn2[C@H]1C[C@@H](O)[C@@H]([C@H](O)CO)O1. The number of nitrogen functional groups attached to an aromatic ring is 1. The summed E-state index contributed by atoms with van der Waals surface area (Å²) in [6.07, 6.45) is -0.306. The topological polar surface area (TPSA) is 140 Å². The fraction of sp³-hybridized carbons (Fsp3) is 0.545. The summed E-state index contributed by atoms with van der Waals surface area (Å²) in [5.41, 5.74) is 6.65. The molecule has 1 fully saturated rings. The van der Waals surface area contributed by atoms with Gasteiger partial charge in [-0.2, -0.15) is 0 Å². The summed E-state index contributed by atoms with van der Waals surface area (Å²) < 4.78 is 7.21. The van der Waals surface area contributed by atoms with Gasteiger partial charge in [-0.25, -0.2) is 15.0 Å². The van der Waals surface area contributed by atoms with Crippen molar-refractivity contribution >= 4 is 17.0 Å². The van der Waals surface area contributed by atoms with Crippen molar-refractivity contribution in [3.8, 4) is 0 Å². The van der Waals surface area contributed by atoms with E-state index in [0.29, 0.717) is 11.2 Å². The molecule has 20 heavy (non-hydrogen) atoms. The van der Waals surface area contributed by atoms with Crippen LogP contribution in [0.2, 0.25) is 0 Å². The van der Waals surface area contributed by atoms with Crippen molar-refractivity contribution in [2.45, 2.75) is 31.0 Å². The molecule has 0 spiro atoms. The Hall–Kier alpha value is -1.81. The molecule has 9 heteroatoms. The Balaban J connectivity index is 1.91. The molecule has 0 aromatic carbocycles. The van der Waals surface area contributed by atoms with Gasteiger partial charge >= 0.3 is 0 Å². The third-order valence-corrected chi connectivity index (χ3v) is 3.40. The number of imidazole rings is 1. The first-order chi connectivity index (χ1) is 9.61. The molecule has 0 amide bonds. The number of ether oxygens (including phenoxy) is 1. The van der Waals surface area contributed by atoms with Crippen LogP contribution < -0.4 is 5.73 Å². The molecule has 3 heterocycles. The second-order valence-corrected chi connectivity index (χ2v) is 4.69. The van der Waals surface area contributed by atoms with Gasteiger partial charge in [0.2, 0.25) is 0 Å². The van der Waals surface area contributed by atoms with E-state index in [2.05, 4.69) is 15.0 Å². The van der Waals surface area contributed by atoms with Crippen LogP contribution in [0.3, 0.4) is 0 Å². The largest absolute Gasteiger partial charge is 0.394 e. The highest BCUT2D eigenvalue weighted by molar-refractivity contribution is 5.81. The molecule has 0 bridgehead atoms. The van der Waals surface area contributed by atoms with Gasteiger partial charge in [0.1, 0.15) is 30.3 Å². The van der Waals surface area contributed by atoms with Gasteiger partial charge in [0, 0.05) is 6.42 Å². The average molecular weight is 281 g/mol. The van der Waals surface area contributed by atoms with Gasteiger partial charge in [0.15, 0.2) is 11.5 Å². The Morgan fingerprint density at radius 1 is 1.45 bits per heavy atom. The summed E-state index contributed by atoms with van der Waals surface area (Å²) in [4.78, 5) is 12.1. The lowest BCUT2D eigenvalue weighted by atomic mass is 10.1. The first-order valence-electron chi connectivity index (χ1n) is 6.17. The van der Waals surface area contributed by atoms with E-state index in [4.69, 9.17) is 15.6 Å². The molecule has 2 aromatic rings. The smallest absolute Gasteiger partial charge is 0.167 e. The molecular formula is C11H15N5O4. The molecule has 3 rings (SSSR count). The van der Waals surface area contributed by atoms with Crippen LogP contribution in [0.25, 0.3) is 11.2 Å². The lowest BCUT2D eigenvalue weighted by Crippen LogP contribution is -2.36. The van der Waals surface area contributed by atoms with E-state index in [1.54, 1.807) is 4.57 Å². The Morgan fingerprint density at radius 2 is 2.25 bits per heavy atom. The molecule has 0 radical (unpaired) electrons. The number of rotatable bonds is 3. The summed E-state index contributed by atoms with van der Waals surface area (Å²) in [6, 6.07) is 0. The fourth-order valence-corrected chi connectivity index (χ4v) is 2.38. The van der Waals surface area contributed by atoms with E-state index in [1.807, 2.05) is 0 Å². The zero-order chi connectivity index (χ0) is 14.3. The summed E-state index contributed by atoms with van der Waals surface area (Å²) in [5.74, 6) is 0.263. The summed E-state index contributed by atoms with van der Waals surface area (Å²) in [6.45, 7) is -0.478. The number of aliphatic hydroxyl groups is 3. The van der Waals surface area contributed by atoms with Crippen molar-refractivity contribution in [2.24, 2.45) is 0 Å². The number of hydrogen-bond acceptors (Lipinski definition) is 8. The van der Waals surface area contributed by atoms with Crippen LogP contribution in [0.4, 0.5) is 5.82 Å². The summed E-state index contributed by atoms with van der Waals surface area (Å²) in [7, 11) is 0. The quantitative estimate of drug-likeness (QED) is 0.528. The van der Waals surface area contributed by atoms with Crippen molar-refractivity contribution in [1.82, 2.24) is 19.5 Å². The number of aliphatic hydroxyl groups excluding tert-OH is 3. The minimum atomic E-state index is -1.13. The van der Waals surface area contributed by atoms with Crippen molar-refractivity contribution in [2.75, 3.05) is 12.3 Å². The number of nitrogens with two attached hydrogens (primary N) is 1. The van der Waals surface area contributed by atoms with Crippen molar-refractivity contribution in [3.05, 3.63) is 12.7 Å². The first-order valence-corrected chi connectivity index (χ1v) is 6.17. The third-order valence-electron chi connectivity index (χ3n) is 3.40. The average Bonchev–Trinajstić information content (AvgIpc) is 3.02. The van der Waals surface area contributed by atoms with Gasteiger partial charge < -0.3 is 25.8 Å². The third kappa shape index (κ3) is 2.00. The normalized spacial score (nSPS) is 28.1. The molecule has 9 nitrogen and oxygen atoms in total. The van der Waals surface area contributed by atoms with E-state index in [-0.39, 0.29) is 12.2 Å². The van der Waals surface area contributed by atoms with Gasteiger partial charge in [-0.3, -0.25) is 4.57 Å². The molecule has 5 N–H and O–H groups in total. The standard InChI is InChI=1S/C11H15N5O4/c12-10-8-11(14-3-13-10)16(4-15-8)7-1-5(18)9(20-7)6(19)2-17/h3-7,9,17-19H,1-2H2,(H2,12,13,14)/t5-,6-,7-,9+/m1/s1. The predicted octanol–water partition coefficient (Wildman–Crippen LogP) is -1.59. The minimum absolute atomic E-state index is 0.261. The Labute approximate surface area is 113 Å². The zero-order valence-electron chi connectivity index (χ0n) is 10.5. The maximum Gasteiger partial charge on any atom is 0.167 e. The van der Waals surface area contributed by atoms with Gasteiger partial charge in [0.05, 0.1) is 19.0 Å². The second-order valence-electron chi connectivity index (χ2n) is 4.69. The zero-order valence-corrected chi connectivity index (χ0v) is 10.5. The van der Waals surface area contributed by atoms with E-state index in [9.17, 15) is 10.2 Å². The second kappa shape index (κ2) is 4.94. The molecule has 1 aliphatic rings. The van der Waals surface area contributed by atoms with Crippen LogP contribution in [-0.4, -0.2) is 59.8 Å². The maximum absolute atomic E-state index is 9.90. The monoisotopic (exact) mass is 281 g/mol. The Morgan fingerprint density at radius 3 is 3.00 bits per heavy atom. The van der Waals surface area contributed by atoms with Crippen molar-refractivity contribution in [1.29, 1.82) is 0 Å². The van der Waals surface area contributed by atoms with Gasteiger partial charge in [-0.05, 0) is 0 Å². The number of fused-ring (bicyclic) bond motifs is 1. The highest BCUT2D eigenvalue weighted by atomic mass is 16.5. The molecule has 4 atom stereocenters. The molecule has 1 saturated heterocycles. The van der Waals surface area contributed by atoms with E-state index >= 15 is 0 Å². The van der Waals surface area contributed by atoms with Crippen LogP contribution >= 0.6 is 0 Å². The molecular weight excluding hydrogens is 266 g/mol. The Kier molecular flexibility index (Phi) is 3.26. The van der Waals surface area contributed by atoms with Crippen LogP contribution in [0, 0.1) is 0 Å². The number of anilines is 1. The van der Waals surface area contributed by atoms with Crippen molar-refractivity contribution < 1.29 is 20.1 Å². The predicted molar refractivity (Wildman–Crippen MR) is 67.4 cm³/mol. The van der Waals surface area contributed by atoms with Gasteiger partial charge in [-0.1, -0.05) is 0 Å². The number of hydrogen-bond donors (Lipinski definition) is 4. The van der Waals surface area contributed by atoms with Gasteiger partial charge in [0.25, 0.3) is 0 Å². The number of aromatic nitrogens is 4. The number of nitrogens with zero attached hydrogens (tertiary/aromatic N) is 4. The molecule has 2 aromatic heterocycles. The lowest BCUT2D eigenvalue weighted by molar-refractivity contribution is -0.0949. The van der Waals surface area contributed by atoms with E-state index < -0.39 is 31.1 Å². The fourth-order valence-electron chi connectivity index (χ4n) is 2.38. The molecule has 108 valence electrons. The first kappa shape index (κ1) is 13.2. The van der Waals surface area contributed by atoms with Crippen molar-refractivity contribution in [3.63, 3.8) is 0 Å². The molecule has 0 aliphatic carbocycles. The summed E-state index contributed by atoms with van der Waals surface area (Å²) in [5, 5.41) is 28.4. The molecule has 0 unspecified atom stereocenters. The Bertz CT molecular complexity index is 618. The highest BCUT2D eigenvalue weighted by Gasteiger charge is 2.39. The highest BCUT2D eigenvalue weighted by Crippen LogP contribution is 2.32. The van der Waals surface area contributed by atoms with E-state index in [0.717, 1.165) is 0 Å². The molecule has 1 aliphatic heterocycles. The van der Waals surface area contributed by atoms with Crippen LogP contribution in [0.5, 0.6) is 0 Å². The lowest BCUT2D eigenvalue weighted by Gasteiger charge is -2.19. The minimum Gasteiger partial charge on any atom is -0.394 e. The summed E-state index contributed by atoms with van der Waals surface area (Å²) >= 11 is 0. The van der Waals surface area contributed by atoms with Crippen LogP contribution in [0.15, 0.2) is 12.7 Å². The van der Waals surface area contributed by atoms with Crippen LogP contribution in [-0.2, 0) is 4.74 Å². The maximum atomic E-state index is 9.90. The van der Waals surface area contributed by atoms with E-state index in [1.165, 1.54) is 12.7 Å². The van der Waals surface area contributed by atoms with Crippen LogP contribution in [0.1, 0.15) is 12.6 Å². The van der Waals surface area contributed by atoms with Gasteiger partial charge in [-0.15, -0.1) is 0 Å². The molecule has 0 saturated carbocycles.